The summed E-state index contributed by atoms with van der Waals surface area (Å²) in [7, 11) is 0. The molecular formula is C34H30ClNO4. The molecule has 0 aromatic heterocycles. The number of hydrogen-bond donors (Lipinski definition) is 0. The van der Waals surface area contributed by atoms with E-state index in [2.05, 4.69) is 37.3 Å². The summed E-state index contributed by atoms with van der Waals surface area (Å²) in [6.07, 6.45) is 6.08. The van der Waals surface area contributed by atoms with Gasteiger partial charge in [0.2, 0.25) is 0 Å². The van der Waals surface area contributed by atoms with Crippen LogP contribution in [-0.2, 0) is 6.42 Å². The van der Waals surface area contributed by atoms with Gasteiger partial charge in [0.25, 0.3) is 0 Å². The summed E-state index contributed by atoms with van der Waals surface area (Å²) in [6.45, 7) is 3.97. The van der Waals surface area contributed by atoms with Gasteiger partial charge in [-0.05, 0) is 84.5 Å². The number of nitriles is 1. The van der Waals surface area contributed by atoms with Gasteiger partial charge in [0, 0.05) is 6.07 Å². The van der Waals surface area contributed by atoms with Crippen molar-refractivity contribution in [1.82, 2.24) is 0 Å². The van der Waals surface area contributed by atoms with Gasteiger partial charge in [-0.1, -0.05) is 74.2 Å². The monoisotopic (exact) mass is 551 g/mol. The van der Waals surface area contributed by atoms with Crippen LogP contribution >= 0.6 is 11.6 Å². The van der Waals surface area contributed by atoms with Crippen molar-refractivity contribution in [2.75, 3.05) is 0 Å². The zero-order valence-electron chi connectivity index (χ0n) is 22.6. The van der Waals surface area contributed by atoms with E-state index in [0.717, 1.165) is 17.5 Å². The largest absolute Gasteiger partial charge is 0.423 e. The van der Waals surface area contributed by atoms with E-state index in [1.165, 1.54) is 49.4 Å². The molecule has 6 heteroatoms. The number of ether oxygens (including phenoxy) is 2. The molecular weight excluding hydrogens is 522 g/mol. The Balaban J connectivity index is 1.36. The number of carbonyl (C=O) groups excluding carboxylic acids is 2. The van der Waals surface area contributed by atoms with Gasteiger partial charge < -0.3 is 9.47 Å². The lowest BCUT2D eigenvalue weighted by atomic mass is 10.0. The summed E-state index contributed by atoms with van der Waals surface area (Å²) >= 11 is 6.31. The Hall–Kier alpha value is -4.40. The lowest BCUT2D eigenvalue weighted by Crippen LogP contribution is -2.11. The Labute approximate surface area is 239 Å². The summed E-state index contributed by atoms with van der Waals surface area (Å²) in [6, 6.07) is 26.9. The zero-order chi connectivity index (χ0) is 28.5. The second kappa shape index (κ2) is 13.6. The Kier molecular flexibility index (Phi) is 9.72. The van der Waals surface area contributed by atoms with Gasteiger partial charge in [0.15, 0.2) is 0 Å². The summed E-state index contributed by atoms with van der Waals surface area (Å²) in [5.41, 5.74) is 5.15. The van der Waals surface area contributed by atoms with Gasteiger partial charge >= 0.3 is 11.9 Å². The molecule has 0 atom stereocenters. The minimum Gasteiger partial charge on any atom is -0.423 e. The summed E-state index contributed by atoms with van der Waals surface area (Å²) in [5.74, 6) is -0.685. The summed E-state index contributed by atoms with van der Waals surface area (Å²) in [4.78, 5) is 25.3. The second-order valence-corrected chi connectivity index (χ2v) is 10.0. The van der Waals surface area contributed by atoms with E-state index < -0.39 is 11.9 Å². The topological polar surface area (TPSA) is 76.4 Å². The van der Waals surface area contributed by atoms with Crippen LogP contribution in [0.4, 0.5) is 0 Å². The molecule has 0 saturated carbocycles. The molecule has 0 bridgehead atoms. The third-order valence-electron chi connectivity index (χ3n) is 6.63. The number of rotatable bonds is 10. The fourth-order valence-electron chi connectivity index (χ4n) is 4.30. The van der Waals surface area contributed by atoms with Gasteiger partial charge in [0.1, 0.15) is 11.5 Å². The minimum atomic E-state index is -0.660. The van der Waals surface area contributed by atoms with Crippen molar-refractivity contribution in [3.05, 3.63) is 118 Å². The van der Waals surface area contributed by atoms with Gasteiger partial charge in [-0.15, -0.1) is 0 Å². The third kappa shape index (κ3) is 7.37. The molecule has 0 fully saturated rings. The number of hydrogen-bond acceptors (Lipinski definition) is 5. The predicted octanol–water partition coefficient (Wildman–Crippen LogP) is 8.75. The molecule has 0 aliphatic heterocycles. The van der Waals surface area contributed by atoms with Crippen LogP contribution in [-0.4, -0.2) is 11.9 Å². The number of benzene rings is 4. The third-order valence-corrected chi connectivity index (χ3v) is 6.94. The molecule has 0 N–H and O–H groups in total. The molecule has 0 unspecified atom stereocenters. The highest BCUT2D eigenvalue weighted by Gasteiger charge is 2.16. The van der Waals surface area contributed by atoms with Crippen molar-refractivity contribution < 1.29 is 19.1 Å². The van der Waals surface area contributed by atoms with E-state index in [4.69, 9.17) is 26.3 Å². The number of halogens is 1. The van der Waals surface area contributed by atoms with E-state index >= 15 is 0 Å². The molecule has 202 valence electrons. The average Bonchev–Trinajstić information content (AvgIpc) is 2.96. The first-order valence-corrected chi connectivity index (χ1v) is 13.7. The normalized spacial score (nSPS) is 10.6. The maximum absolute atomic E-state index is 12.7. The molecule has 40 heavy (non-hydrogen) atoms. The van der Waals surface area contributed by atoms with Crippen LogP contribution in [0.25, 0.3) is 11.1 Å². The highest BCUT2D eigenvalue weighted by Crippen LogP contribution is 2.26. The predicted molar refractivity (Wildman–Crippen MR) is 157 cm³/mol. The fraction of sp³-hybridized carbons (Fsp3) is 0.206. The standard InChI is InChI=1S/C34H30ClNO4/c1-3-4-5-6-7-24-8-10-25(11-9-24)26-12-14-27(15-13-26)33(37)39-30-18-19-31(32(35)21-30)34(38)40-29-17-16-28(22-36)23(2)20-29/h8-21H,3-7H2,1-2H3. The Bertz CT molecular complexity index is 1540. The molecule has 0 amide bonds. The Morgan fingerprint density at radius 1 is 0.775 bits per heavy atom. The molecule has 0 aliphatic carbocycles. The highest BCUT2D eigenvalue weighted by molar-refractivity contribution is 6.33. The maximum atomic E-state index is 12.7. The van der Waals surface area contributed by atoms with E-state index in [1.807, 2.05) is 12.1 Å². The first kappa shape index (κ1) is 28.6. The maximum Gasteiger partial charge on any atom is 0.345 e. The Morgan fingerprint density at radius 2 is 1.40 bits per heavy atom. The molecule has 0 radical (unpaired) electrons. The second-order valence-electron chi connectivity index (χ2n) is 9.59. The average molecular weight is 552 g/mol. The quantitative estimate of drug-likeness (QED) is 0.112. The van der Waals surface area contributed by atoms with Crippen molar-refractivity contribution in [2.45, 2.75) is 46.0 Å². The van der Waals surface area contributed by atoms with E-state index in [1.54, 1.807) is 37.3 Å². The van der Waals surface area contributed by atoms with Crippen LogP contribution in [0.1, 0.15) is 70.0 Å². The minimum absolute atomic E-state index is 0.0878. The van der Waals surface area contributed by atoms with Crippen LogP contribution in [0.5, 0.6) is 11.5 Å². The van der Waals surface area contributed by atoms with Gasteiger partial charge in [-0.3, -0.25) is 0 Å². The molecule has 0 saturated heterocycles. The number of esters is 2. The molecule has 0 aliphatic rings. The number of carbonyl (C=O) groups is 2. The van der Waals surface area contributed by atoms with Crippen LogP contribution in [0.2, 0.25) is 5.02 Å². The number of aryl methyl sites for hydroxylation is 2. The first-order valence-electron chi connectivity index (χ1n) is 13.3. The van der Waals surface area contributed by atoms with Crippen molar-refractivity contribution >= 4 is 23.5 Å². The lowest BCUT2D eigenvalue weighted by molar-refractivity contribution is 0.0730. The van der Waals surface area contributed by atoms with Crippen LogP contribution in [0, 0.1) is 18.3 Å². The molecule has 0 spiro atoms. The summed E-state index contributed by atoms with van der Waals surface area (Å²) in [5, 5.41) is 9.15. The van der Waals surface area contributed by atoms with Gasteiger partial charge in [0.05, 0.1) is 27.8 Å². The van der Waals surface area contributed by atoms with E-state index in [9.17, 15) is 9.59 Å². The first-order chi connectivity index (χ1) is 19.4. The molecule has 4 aromatic rings. The van der Waals surface area contributed by atoms with E-state index in [0.29, 0.717) is 22.4 Å². The molecule has 4 rings (SSSR count). The van der Waals surface area contributed by atoms with Crippen molar-refractivity contribution in [1.29, 1.82) is 5.26 Å². The van der Waals surface area contributed by atoms with Crippen molar-refractivity contribution in [2.24, 2.45) is 0 Å². The lowest BCUT2D eigenvalue weighted by Gasteiger charge is -2.10. The van der Waals surface area contributed by atoms with Crippen molar-refractivity contribution in [3.63, 3.8) is 0 Å². The molecule has 5 nitrogen and oxygen atoms in total. The van der Waals surface area contributed by atoms with Gasteiger partial charge in [-0.2, -0.15) is 5.26 Å². The van der Waals surface area contributed by atoms with Crippen LogP contribution in [0.3, 0.4) is 0 Å². The fourth-order valence-corrected chi connectivity index (χ4v) is 4.54. The smallest absolute Gasteiger partial charge is 0.345 e. The Morgan fingerprint density at radius 3 is 2.02 bits per heavy atom. The van der Waals surface area contributed by atoms with Crippen LogP contribution in [0.15, 0.2) is 84.9 Å². The van der Waals surface area contributed by atoms with Crippen molar-refractivity contribution in [3.8, 4) is 28.7 Å². The molecule has 4 aromatic carbocycles. The molecule has 0 heterocycles. The van der Waals surface area contributed by atoms with Gasteiger partial charge in [-0.25, -0.2) is 9.59 Å². The SMILES string of the molecule is CCCCCCc1ccc(-c2ccc(C(=O)Oc3ccc(C(=O)Oc4ccc(C#N)c(C)c4)c(Cl)c3)cc2)cc1. The highest BCUT2D eigenvalue weighted by atomic mass is 35.5. The zero-order valence-corrected chi connectivity index (χ0v) is 23.3. The summed E-state index contributed by atoms with van der Waals surface area (Å²) < 4.78 is 10.9. The number of unbranched alkanes of at least 4 members (excludes halogenated alkanes) is 3. The van der Waals surface area contributed by atoms with Crippen LogP contribution < -0.4 is 9.47 Å². The number of nitrogens with zero attached hydrogens (tertiary/aromatic N) is 1. The van der Waals surface area contributed by atoms with E-state index in [-0.39, 0.29) is 16.3 Å².